The summed E-state index contributed by atoms with van der Waals surface area (Å²) >= 11 is 0. The summed E-state index contributed by atoms with van der Waals surface area (Å²) in [6.07, 6.45) is 4.37. The highest BCUT2D eigenvalue weighted by molar-refractivity contribution is 5.94. The minimum Gasteiger partial charge on any atom is -0.378 e. The Labute approximate surface area is 173 Å². The van der Waals surface area contributed by atoms with Crippen molar-refractivity contribution in [3.05, 3.63) is 71.8 Å². The van der Waals surface area contributed by atoms with Crippen LogP contribution in [0.2, 0.25) is 0 Å². The van der Waals surface area contributed by atoms with Crippen molar-refractivity contribution in [3.8, 4) is 0 Å². The van der Waals surface area contributed by atoms with Gasteiger partial charge in [-0.05, 0) is 29.8 Å². The van der Waals surface area contributed by atoms with Gasteiger partial charge in [0.1, 0.15) is 0 Å². The van der Waals surface area contributed by atoms with E-state index in [0.29, 0.717) is 0 Å². The average Bonchev–Trinajstić information content (AvgIpc) is 2.80. The summed E-state index contributed by atoms with van der Waals surface area (Å²) < 4.78 is 5.41. The standard InChI is InChI=1S/C24H29N3O2/c28-24(22-8-10-23(11-9-22)26-17-19-29-20-18-26)27-15-13-25(14-16-27)12-4-7-21-5-2-1-3-6-21/h1-11H,12-20H2/b7-4+. The molecule has 0 saturated carbocycles. The van der Waals surface area contributed by atoms with Gasteiger partial charge in [0.25, 0.3) is 5.91 Å². The molecule has 2 fully saturated rings. The highest BCUT2D eigenvalue weighted by atomic mass is 16.5. The molecule has 0 aliphatic carbocycles. The lowest BCUT2D eigenvalue weighted by Gasteiger charge is -2.34. The molecule has 2 heterocycles. The molecule has 2 aliphatic rings. The number of hydrogen-bond donors (Lipinski definition) is 0. The summed E-state index contributed by atoms with van der Waals surface area (Å²) in [6, 6.07) is 18.4. The molecule has 0 aromatic heterocycles. The highest BCUT2D eigenvalue weighted by Gasteiger charge is 2.21. The second-order valence-electron chi connectivity index (χ2n) is 7.55. The van der Waals surface area contributed by atoms with Gasteiger partial charge in [0, 0.05) is 57.1 Å². The number of morpholine rings is 1. The molecule has 0 unspecified atom stereocenters. The van der Waals surface area contributed by atoms with E-state index in [9.17, 15) is 4.79 Å². The Hall–Kier alpha value is -2.63. The third-order valence-corrected chi connectivity index (χ3v) is 5.62. The first-order valence-electron chi connectivity index (χ1n) is 10.5. The van der Waals surface area contributed by atoms with E-state index >= 15 is 0 Å². The molecule has 0 atom stereocenters. The number of piperazine rings is 1. The lowest BCUT2D eigenvalue weighted by molar-refractivity contribution is 0.0650. The van der Waals surface area contributed by atoms with Crippen molar-refractivity contribution in [2.24, 2.45) is 0 Å². The maximum absolute atomic E-state index is 12.9. The van der Waals surface area contributed by atoms with E-state index in [1.807, 2.05) is 23.1 Å². The summed E-state index contributed by atoms with van der Waals surface area (Å²) in [4.78, 5) is 19.5. The topological polar surface area (TPSA) is 36.0 Å². The highest BCUT2D eigenvalue weighted by Crippen LogP contribution is 2.18. The molecule has 0 bridgehead atoms. The van der Waals surface area contributed by atoms with Crippen LogP contribution in [0.4, 0.5) is 5.69 Å². The zero-order valence-electron chi connectivity index (χ0n) is 16.9. The Morgan fingerprint density at radius 2 is 1.55 bits per heavy atom. The molecule has 1 amide bonds. The predicted molar refractivity (Wildman–Crippen MR) is 117 cm³/mol. The van der Waals surface area contributed by atoms with Gasteiger partial charge < -0.3 is 14.5 Å². The first-order valence-corrected chi connectivity index (χ1v) is 10.5. The molecule has 2 aromatic carbocycles. The Bertz CT molecular complexity index is 806. The summed E-state index contributed by atoms with van der Waals surface area (Å²) in [7, 11) is 0. The third-order valence-electron chi connectivity index (χ3n) is 5.62. The van der Waals surface area contributed by atoms with Gasteiger partial charge in [-0.3, -0.25) is 9.69 Å². The molecular weight excluding hydrogens is 362 g/mol. The quantitative estimate of drug-likeness (QED) is 0.785. The number of hydrogen-bond acceptors (Lipinski definition) is 4. The van der Waals surface area contributed by atoms with E-state index in [0.717, 1.165) is 64.6 Å². The number of anilines is 1. The molecule has 29 heavy (non-hydrogen) atoms. The molecular formula is C24H29N3O2. The Morgan fingerprint density at radius 1 is 0.862 bits per heavy atom. The normalized spacial score (nSPS) is 18.3. The van der Waals surface area contributed by atoms with E-state index in [-0.39, 0.29) is 5.91 Å². The molecule has 0 N–H and O–H groups in total. The molecule has 4 rings (SSSR count). The van der Waals surface area contributed by atoms with Gasteiger partial charge in [0.2, 0.25) is 0 Å². The van der Waals surface area contributed by atoms with Gasteiger partial charge in [-0.15, -0.1) is 0 Å². The lowest BCUT2D eigenvalue weighted by atomic mass is 10.1. The van der Waals surface area contributed by atoms with Crippen LogP contribution in [0.1, 0.15) is 15.9 Å². The van der Waals surface area contributed by atoms with Crippen LogP contribution in [0, 0.1) is 0 Å². The van der Waals surface area contributed by atoms with Crippen LogP contribution >= 0.6 is 0 Å². The van der Waals surface area contributed by atoms with Crippen LogP contribution in [-0.4, -0.2) is 74.7 Å². The van der Waals surface area contributed by atoms with Crippen molar-refractivity contribution < 1.29 is 9.53 Å². The second kappa shape index (κ2) is 9.72. The lowest BCUT2D eigenvalue weighted by Crippen LogP contribution is -2.48. The van der Waals surface area contributed by atoms with E-state index in [4.69, 9.17) is 4.74 Å². The first kappa shape index (κ1) is 19.7. The number of amides is 1. The van der Waals surface area contributed by atoms with Crippen molar-refractivity contribution in [1.29, 1.82) is 0 Å². The third kappa shape index (κ3) is 5.25. The molecule has 2 aliphatic heterocycles. The smallest absolute Gasteiger partial charge is 0.253 e. The number of carbonyl (C=O) groups is 1. The Kier molecular flexibility index (Phi) is 6.60. The predicted octanol–water partition coefficient (Wildman–Crippen LogP) is 2.99. The molecule has 5 nitrogen and oxygen atoms in total. The SMILES string of the molecule is O=C(c1ccc(N2CCOCC2)cc1)N1CCN(C/C=C/c2ccccc2)CC1. The van der Waals surface area contributed by atoms with Gasteiger partial charge in [-0.2, -0.15) is 0 Å². The van der Waals surface area contributed by atoms with Gasteiger partial charge >= 0.3 is 0 Å². The van der Waals surface area contributed by atoms with Gasteiger partial charge in [-0.1, -0.05) is 42.5 Å². The summed E-state index contributed by atoms with van der Waals surface area (Å²) in [5, 5.41) is 0. The minimum atomic E-state index is 0.137. The summed E-state index contributed by atoms with van der Waals surface area (Å²) in [5.41, 5.74) is 3.17. The van der Waals surface area contributed by atoms with Crippen molar-refractivity contribution in [2.45, 2.75) is 0 Å². The number of carbonyl (C=O) groups excluding carboxylic acids is 1. The minimum absolute atomic E-state index is 0.137. The molecule has 2 aromatic rings. The zero-order valence-corrected chi connectivity index (χ0v) is 16.9. The number of nitrogens with zero attached hydrogens (tertiary/aromatic N) is 3. The fraction of sp³-hybridized carbons (Fsp3) is 0.375. The van der Waals surface area contributed by atoms with Gasteiger partial charge in [0.05, 0.1) is 13.2 Å². The molecule has 0 radical (unpaired) electrons. The van der Waals surface area contributed by atoms with Crippen molar-refractivity contribution >= 4 is 17.7 Å². The summed E-state index contributed by atoms with van der Waals surface area (Å²) in [5.74, 6) is 0.137. The van der Waals surface area contributed by atoms with Gasteiger partial charge in [-0.25, -0.2) is 0 Å². The van der Waals surface area contributed by atoms with Crippen LogP contribution < -0.4 is 4.90 Å². The Balaban J connectivity index is 1.26. The maximum Gasteiger partial charge on any atom is 0.253 e. The fourth-order valence-corrected chi connectivity index (χ4v) is 3.85. The number of rotatable bonds is 5. The molecule has 0 spiro atoms. The van der Waals surface area contributed by atoms with E-state index in [1.165, 1.54) is 11.3 Å². The van der Waals surface area contributed by atoms with E-state index in [2.05, 4.69) is 58.4 Å². The van der Waals surface area contributed by atoms with Crippen LogP contribution in [0.15, 0.2) is 60.7 Å². The first-order chi connectivity index (χ1) is 14.3. The van der Waals surface area contributed by atoms with Gasteiger partial charge in [0.15, 0.2) is 0 Å². The van der Waals surface area contributed by atoms with Crippen molar-refractivity contribution in [3.63, 3.8) is 0 Å². The monoisotopic (exact) mass is 391 g/mol. The van der Waals surface area contributed by atoms with Crippen LogP contribution in [0.25, 0.3) is 6.08 Å². The summed E-state index contributed by atoms with van der Waals surface area (Å²) in [6.45, 7) is 7.67. The molecule has 152 valence electrons. The molecule has 2 saturated heterocycles. The number of benzene rings is 2. The van der Waals surface area contributed by atoms with Crippen molar-refractivity contribution in [1.82, 2.24) is 9.80 Å². The second-order valence-corrected chi connectivity index (χ2v) is 7.55. The average molecular weight is 392 g/mol. The van der Waals surface area contributed by atoms with Crippen molar-refractivity contribution in [2.75, 3.05) is 63.9 Å². The fourth-order valence-electron chi connectivity index (χ4n) is 3.85. The van der Waals surface area contributed by atoms with Crippen LogP contribution in [0.5, 0.6) is 0 Å². The number of ether oxygens (including phenoxy) is 1. The van der Waals surface area contributed by atoms with E-state index in [1.54, 1.807) is 0 Å². The Morgan fingerprint density at radius 3 is 2.24 bits per heavy atom. The molecule has 5 heteroatoms. The van der Waals surface area contributed by atoms with Crippen LogP contribution in [-0.2, 0) is 4.74 Å². The maximum atomic E-state index is 12.9. The zero-order chi connectivity index (χ0) is 19.9. The van der Waals surface area contributed by atoms with E-state index < -0.39 is 0 Å². The van der Waals surface area contributed by atoms with Crippen LogP contribution in [0.3, 0.4) is 0 Å². The largest absolute Gasteiger partial charge is 0.378 e.